The summed E-state index contributed by atoms with van der Waals surface area (Å²) in [7, 11) is 3.35. The van der Waals surface area contributed by atoms with E-state index in [9.17, 15) is 4.79 Å². The lowest BCUT2D eigenvalue weighted by Gasteiger charge is -2.40. The molecule has 8 nitrogen and oxygen atoms in total. The molecule has 2 unspecified atom stereocenters. The molecule has 35 heavy (non-hydrogen) atoms. The summed E-state index contributed by atoms with van der Waals surface area (Å²) < 4.78 is 12.6. The van der Waals surface area contributed by atoms with Crippen LogP contribution in [0.2, 0.25) is 5.02 Å². The number of ether oxygens (including phenoxy) is 2. The van der Waals surface area contributed by atoms with Crippen molar-refractivity contribution in [3.8, 4) is 5.88 Å². The van der Waals surface area contributed by atoms with Gasteiger partial charge in [-0.3, -0.25) is 14.4 Å². The zero-order valence-corrected chi connectivity index (χ0v) is 22.7. The minimum Gasteiger partial charge on any atom is -0.480 e. The molecule has 0 aliphatic carbocycles. The zero-order valence-electron chi connectivity index (χ0n) is 21.9. The van der Waals surface area contributed by atoms with Gasteiger partial charge >= 0.3 is 0 Å². The van der Waals surface area contributed by atoms with Crippen molar-refractivity contribution in [2.24, 2.45) is 0 Å². The third kappa shape index (κ3) is 6.48. The number of halogens is 1. The molecule has 1 aromatic heterocycles. The van der Waals surface area contributed by atoms with Crippen molar-refractivity contribution in [2.75, 3.05) is 39.2 Å². The fraction of sp³-hybridized carbons (Fsp3) is 0.615. The number of nitrogens with zero attached hydrogens (tertiary/aromatic N) is 3. The lowest BCUT2D eigenvalue weighted by atomic mass is 9.94. The molecule has 3 rings (SSSR count). The van der Waals surface area contributed by atoms with Crippen LogP contribution in [-0.2, 0) is 17.8 Å². The predicted octanol–water partition coefficient (Wildman–Crippen LogP) is 4.41. The molecule has 1 aliphatic heterocycles. The Morgan fingerprint density at radius 3 is 2.69 bits per heavy atom. The SMILES string of the molecule is CCC1CC(Nc2cc(Cl)cc(C(=O)NCc3c(OC)nn(CC)c3C)c2C)CCN1CCOC. The van der Waals surface area contributed by atoms with Gasteiger partial charge in [0.15, 0.2) is 0 Å². The summed E-state index contributed by atoms with van der Waals surface area (Å²) in [5.41, 5.74) is 4.25. The minimum atomic E-state index is -0.167. The Kier molecular flexibility index (Phi) is 9.83. The third-order valence-corrected chi connectivity index (χ3v) is 7.30. The van der Waals surface area contributed by atoms with Crippen molar-refractivity contribution < 1.29 is 14.3 Å². The monoisotopic (exact) mass is 505 g/mol. The maximum absolute atomic E-state index is 13.2. The molecule has 9 heteroatoms. The highest BCUT2D eigenvalue weighted by atomic mass is 35.5. The van der Waals surface area contributed by atoms with E-state index in [1.165, 1.54) is 0 Å². The van der Waals surface area contributed by atoms with E-state index < -0.39 is 0 Å². The first-order valence-corrected chi connectivity index (χ1v) is 12.9. The average molecular weight is 506 g/mol. The van der Waals surface area contributed by atoms with E-state index in [2.05, 4.69) is 27.6 Å². The second kappa shape index (κ2) is 12.6. The maximum Gasteiger partial charge on any atom is 0.251 e. The molecule has 2 atom stereocenters. The maximum atomic E-state index is 13.2. The number of carbonyl (C=O) groups excluding carboxylic acids is 1. The van der Waals surface area contributed by atoms with Crippen molar-refractivity contribution in [1.29, 1.82) is 0 Å². The van der Waals surface area contributed by atoms with Gasteiger partial charge in [-0.1, -0.05) is 18.5 Å². The molecular weight excluding hydrogens is 466 g/mol. The predicted molar refractivity (Wildman–Crippen MR) is 141 cm³/mol. The van der Waals surface area contributed by atoms with Crippen molar-refractivity contribution in [1.82, 2.24) is 20.0 Å². The highest BCUT2D eigenvalue weighted by molar-refractivity contribution is 6.31. The van der Waals surface area contributed by atoms with Gasteiger partial charge in [-0.25, -0.2) is 0 Å². The summed E-state index contributed by atoms with van der Waals surface area (Å²) in [5, 5.41) is 11.7. The molecule has 1 aromatic carbocycles. The second-order valence-electron chi connectivity index (χ2n) is 9.15. The molecule has 0 saturated carbocycles. The molecule has 1 aliphatic rings. The van der Waals surface area contributed by atoms with E-state index in [4.69, 9.17) is 21.1 Å². The first-order valence-electron chi connectivity index (χ1n) is 12.5. The summed E-state index contributed by atoms with van der Waals surface area (Å²) in [6.07, 6.45) is 3.18. The smallest absolute Gasteiger partial charge is 0.251 e. The molecular formula is C26H40ClN5O3. The molecule has 0 spiro atoms. The van der Waals surface area contributed by atoms with Crippen LogP contribution in [-0.4, -0.2) is 66.6 Å². The van der Waals surface area contributed by atoms with Crippen LogP contribution < -0.4 is 15.4 Å². The van der Waals surface area contributed by atoms with Crippen molar-refractivity contribution >= 4 is 23.2 Å². The molecule has 0 radical (unpaired) electrons. The normalized spacial score (nSPS) is 18.5. The van der Waals surface area contributed by atoms with Crippen molar-refractivity contribution in [2.45, 2.75) is 72.1 Å². The Balaban J connectivity index is 1.71. The summed E-state index contributed by atoms with van der Waals surface area (Å²) in [6.45, 7) is 12.0. The third-order valence-electron chi connectivity index (χ3n) is 7.08. The number of hydrogen-bond acceptors (Lipinski definition) is 6. The summed E-state index contributed by atoms with van der Waals surface area (Å²) >= 11 is 6.46. The molecule has 2 heterocycles. The van der Waals surface area contributed by atoms with Gasteiger partial charge in [0.25, 0.3) is 5.91 Å². The zero-order chi connectivity index (χ0) is 25.5. The van der Waals surface area contributed by atoms with E-state index in [1.54, 1.807) is 20.3 Å². The van der Waals surface area contributed by atoms with E-state index in [1.807, 2.05) is 31.5 Å². The van der Waals surface area contributed by atoms with Gasteiger partial charge in [0, 0.05) is 60.8 Å². The summed E-state index contributed by atoms with van der Waals surface area (Å²) in [5.74, 6) is 0.372. The number of piperidine rings is 1. The molecule has 2 aromatic rings. The van der Waals surface area contributed by atoms with Gasteiger partial charge in [0.2, 0.25) is 5.88 Å². The number of carbonyl (C=O) groups is 1. The molecule has 194 valence electrons. The number of likely N-dealkylation sites (tertiary alicyclic amines) is 1. The molecule has 1 amide bonds. The molecule has 1 fully saturated rings. The average Bonchev–Trinajstić information content (AvgIpc) is 3.17. The highest BCUT2D eigenvalue weighted by Crippen LogP contribution is 2.29. The fourth-order valence-electron chi connectivity index (χ4n) is 4.94. The van der Waals surface area contributed by atoms with Crippen LogP contribution in [0.15, 0.2) is 12.1 Å². The number of aromatic nitrogens is 2. The number of rotatable bonds is 11. The summed E-state index contributed by atoms with van der Waals surface area (Å²) in [4.78, 5) is 15.7. The lowest BCUT2D eigenvalue weighted by Crippen LogP contribution is -2.47. The quantitative estimate of drug-likeness (QED) is 0.470. The van der Waals surface area contributed by atoms with Crippen LogP contribution in [0.3, 0.4) is 0 Å². The Bertz CT molecular complexity index is 1010. The number of benzene rings is 1. The van der Waals surface area contributed by atoms with Crippen LogP contribution in [0.5, 0.6) is 5.88 Å². The summed E-state index contributed by atoms with van der Waals surface area (Å²) in [6, 6.07) is 4.50. The Hall–Kier alpha value is -2.29. The molecule has 2 N–H and O–H groups in total. The fourth-order valence-corrected chi connectivity index (χ4v) is 5.16. The highest BCUT2D eigenvalue weighted by Gasteiger charge is 2.28. The van der Waals surface area contributed by atoms with Gasteiger partial charge < -0.3 is 20.1 Å². The number of anilines is 1. The standard InChI is InChI=1S/C26H40ClN5O3/c1-7-21-15-20(9-10-31(21)11-12-34-5)29-24-14-19(27)13-22(17(24)3)25(33)28-16-23-18(4)32(8-2)30-26(23)35-6/h13-14,20-21,29H,7-12,15-16H2,1-6H3,(H,28,33). The van der Waals surface area contributed by atoms with E-state index in [0.29, 0.717) is 35.1 Å². The van der Waals surface area contributed by atoms with Gasteiger partial charge in [0.1, 0.15) is 0 Å². The topological polar surface area (TPSA) is 80.7 Å². The van der Waals surface area contributed by atoms with E-state index in [0.717, 1.165) is 68.0 Å². The second-order valence-corrected chi connectivity index (χ2v) is 9.59. The van der Waals surface area contributed by atoms with E-state index in [-0.39, 0.29) is 5.91 Å². The van der Waals surface area contributed by atoms with Crippen LogP contribution in [0.4, 0.5) is 5.69 Å². The van der Waals surface area contributed by atoms with Gasteiger partial charge in [-0.05, 0) is 57.7 Å². The number of aryl methyl sites for hydroxylation is 1. The van der Waals surface area contributed by atoms with Crippen molar-refractivity contribution in [3.05, 3.63) is 39.5 Å². The minimum absolute atomic E-state index is 0.167. The first kappa shape index (κ1) is 27.3. The van der Waals surface area contributed by atoms with Crippen LogP contribution in [0, 0.1) is 13.8 Å². The number of hydrogen-bond donors (Lipinski definition) is 2. The van der Waals surface area contributed by atoms with E-state index >= 15 is 0 Å². The Labute approximate surface area is 214 Å². The number of amides is 1. The Morgan fingerprint density at radius 1 is 1.26 bits per heavy atom. The first-order chi connectivity index (χ1) is 16.8. The number of methoxy groups -OCH3 is 2. The van der Waals surface area contributed by atoms with Gasteiger partial charge in [0.05, 0.1) is 25.8 Å². The van der Waals surface area contributed by atoms with Gasteiger partial charge in [-0.2, -0.15) is 0 Å². The van der Waals surface area contributed by atoms with Crippen molar-refractivity contribution in [3.63, 3.8) is 0 Å². The van der Waals surface area contributed by atoms with Crippen LogP contribution in [0.1, 0.15) is 60.3 Å². The lowest BCUT2D eigenvalue weighted by molar-refractivity contribution is 0.0901. The largest absolute Gasteiger partial charge is 0.480 e. The van der Waals surface area contributed by atoms with Gasteiger partial charge in [-0.15, -0.1) is 5.10 Å². The Morgan fingerprint density at radius 2 is 2.03 bits per heavy atom. The molecule has 1 saturated heterocycles. The van der Waals surface area contributed by atoms with Crippen LogP contribution >= 0.6 is 11.6 Å². The molecule has 0 bridgehead atoms. The number of nitrogens with one attached hydrogen (secondary N) is 2. The van der Waals surface area contributed by atoms with Crippen LogP contribution in [0.25, 0.3) is 0 Å².